The van der Waals surface area contributed by atoms with Crippen LogP contribution in [0.5, 0.6) is 0 Å². The van der Waals surface area contributed by atoms with Crippen LogP contribution in [-0.4, -0.2) is 155 Å². The monoisotopic (exact) mass is 966 g/mol. The normalized spacial score (nSPS) is 15.0. The number of thioether (sulfide) groups is 1. The van der Waals surface area contributed by atoms with E-state index < -0.39 is 127 Å². The van der Waals surface area contributed by atoms with Gasteiger partial charge < -0.3 is 75.7 Å². The summed E-state index contributed by atoms with van der Waals surface area (Å²) >= 11 is 1.36. The summed E-state index contributed by atoms with van der Waals surface area (Å²) in [5.74, 6) is -8.40. The van der Waals surface area contributed by atoms with Gasteiger partial charge in [0.05, 0.1) is 25.1 Å². The number of unbranched alkanes of at least 4 members (excludes halogenated alkanes) is 2. The molecule has 0 aliphatic heterocycles. The Kier molecular flexibility index (Phi) is 28.2. The molecule has 0 spiro atoms. The molecule has 0 aliphatic rings. The van der Waals surface area contributed by atoms with Gasteiger partial charge in [-0.25, -0.2) is 4.79 Å². The first-order valence-electron chi connectivity index (χ1n) is 21.9. The van der Waals surface area contributed by atoms with Gasteiger partial charge in [0.1, 0.15) is 42.3 Å². The van der Waals surface area contributed by atoms with E-state index in [4.69, 9.17) is 22.9 Å². The molecule has 0 heterocycles. The van der Waals surface area contributed by atoms with Crippen molar-refractivity contribution in [1.29, 1.82) is 0 Å². The quantitative estimate of drug-likeness (QED) is 0.0295. The van der Waals surface area contributed by atoms with Crippen LogP contribution in [0.4, 0.5) is 0 Å². The van der Waals surface area contributed by atoms with Crippen molar-refractivity contribution in [1.82, 2.24) is 42.5 Å². The van der Waals surface area contributed by atoms with Gasteiger partial charge in [0.15, 0.2) is 0 Å². The molecule has 0 unspecified atom stereocenters. The van der Waals surface area contributed by atoms with Crippen LogP contribution >= 0.6 is 11.8 Å². The Hall–Kier alpha value is -5.89. The number of carbonyl (C=O) groups excluding carboxylic acids is 9. The smallest absolute Gasteiger partial charge is 0.326 e. The Bertz CT molecular complexity index is 1810. The molecule has 1 aromatic rings. The van der Waals surface area contributed by atoms with E-state index in [0.717, 1.165) is 0 Å². The van der Waals surface area contributed by atoms with Gasteiger partial charge in [0.2, 0.25) is 53.2 Å². The Labute approximate surface area is 394 Å². The summed E-state index contributed by atoms with van der Waals surface area (Å²) < 4.78 is 0. The summed E-state index contributed by atoms with van der Waals surface area (Å²) in [7, 11) is 0. The standard InChI is InChI=1S/C42H70N12O12S/c1-23(35(58)52-30(42(65)66)15-9-11-18-44)48-33(57)22-47-38(61)29(16-19-67-4)50-39(62)28(14-8-10-17-43)51-41(64)34(25(3)55)54-36(59)24(2)49-40(63)31(20-26-12-6-5-7-13-26)53-37(60)27(45)21-32(46)56/h5-7,12-13,23-25,27-31,34,55H,8-11,14-22,43-45H2,1-4H3,(H2,46,56)(H,47,61)(H,48,57)(H,49,63)(H,50,62)(H,51,64)(H,52,58)(H,53,60)(H,54,59)(H,65,66)/t23-,24-,25+,27-,28-,29-,30-,31-,34-/m0/s1. The molecule has 25 heteroatoms. The van der Waals surface area contributed by atoms with Crippen molar-refractivity contribution in [3.8, 4) is 0 Å². The Morgan fingerprint density at radius 2 is 1.12 bits per heavy atom. The molecule has 0 radical (unpaired) electrons. The maximum Gasteiger partial charge on any atom is 0.326 e. The first kappa shape index (κ1) is 59.1. The van der Waals surface area contributed by atoms with Gasteiger partial charge in [0, 0.05) is 6.42 Å². The lowest BCUT2D eigenvalue weighted by Crippen LogP contribution is -2.61. The summed E-state index contributed by atoms with van der Waals surface area (Å²) in [6, 6.07) is -1.96. The molecule has 0 fully saturated rings. The predicted molar refractivity (Wildman–Crippen MR) is 248 cm³/mol. The highest BCUT2D eigenvalue weighted by Gasteiger charge is 2.34. The molecule has 0 bridgehead atoms. The number of nitrogens with two attached hydrogens (primary N) is 4. The summed E-state index contributed by atoms with van der Waals surface area (Å²) in [5, 5.41) is 39.7. The molecule has 18 N–H and O–H groups in total. The van der Waals surface area contributed by atoms with Crippen LogP contribution in [0.25, 0.3) is 0 Å². The second kappa shape index (κ2) is 31.9. The zero-order valence-electron chi connectivity index (χ0n) is 38.5. The van der Waals surface area contributed by atoms with Gasteiger partial charge in [-0.3, -0.25) is 43.2 Å². The van der Waals surface area contributed by atoms with E-state index in [1.54, 1.807) is 36.6 Å². The van der Waals surface area contributed by atoms with Gasteiger partial charge in [-0.1, -0.05) is 30.3 Å². The molecule has 0 aliphatic carbocycles. The Balaban J connectivity index is 3.09. The largest absolute Gasteiger partial charge is 0.480 e. The number of carboxylic acids is 1. The number of aliphatic carboxylic acids is 1. The number of nitrogens with one attached hydrogen (secondary N) is 8. The minimum atomic E-state index is -1.66. The van der Waals surface area contributed by atoms with E-state index in [9.17, 15) is 58.2 Å². The number of benzene rings is 1. The zero-order valence-corrected chi connectivity index (χ0v) is 39.3. The number of primary amides is 1. The summed E-state index contributed by atoms with van der Waals surface area (Å²) in [6.07, 6.45) is 1.76. The number of rotatable bonds is 33. The topological polar surface area (TPSA) is 411 Å². The highest BCUT2D eigenvalue weighted by Crippen LogP contribution is 2.09. The highest BCUT2D eigenvalue weighted by molar-refractivity contribution is 7.98. The van der Waals surface area contributed by atoms with E-state index in [-0.39, 0.29) is 32.2 Å². The molecule has 376 valence electrons. The van der Waals surface area contributed by atoms with Crippen molar-refractivity contribution in [3.05, 3.63) is 35.9 Å². The molecule has 67 heavy (non-hydrogen) atoms. The van der Waals surface area contributed by atoms with Crippen molar-refractivity contribution in [3.63, 3.8) is 0 Å². The van der Waals surface area contributed by atoms with Gasteiger partial charge in [0.25, 0.3) is 0 Å². The minimum Gasteiger partial charge on any atom is -0.480 e. The fraction of sp³-hybridized carbons (Fsp3) is 0.619. The van der Waals surface area contributed by atoms with Gasteiger partial charge >= 0.3 is 5.97 Å². The fourth-order valence-electron chi connectivity index (χ4n) is 6.21. The van der Waals surface area contributed by atoms with Crippen molar-refractivity contribution in [2.45, 2.75) is 133 Å². The molecule has 0 saturated heterocycles. The zero-order chi connectivity index (χ0) is 50.6. The highest BCUT2D eigenvalue weighted by atomic mass is 32.2. The first-order chi connectivity index (χ1) is 31.6. The molecule has 1 aromatic carbocycles. The van der Waals surface area contributed by atoms with Gasteiger partial charge in [-0.05, 0) is 96.4 Å². The molecule has 0 saturated carbocycles. The summed E-state index contributed by atoms with van der Waals surface area (Å²) in [5.41, 5.74) is 22.7. The van der Waals surface area contributed by atoms with E-state index in [0.29, 0.717) is 43.5 Å². The molecule has 9 atom stereocenters. The van der Waals surface area contributed by atoms with E-state index in [2.05, 4.69) is 42.5 Å². The van der Waals surface area contributed by atoms with Crippen LogP contribution in [0, 0.1) is 0 Å². The third-order valence-corrected chi connectivity index (χ3v) is 10.7. The number of carbonyl (C=O) groups is 10. The number of amides is 9. The maximum absolute atomic E-state index is 13.8. The number of aliphatic hydroxyl groups is 1. The third-order valence-electron chi connectivity index (χ3n) is 10.1. The first-order valence-corrected chi connectivity index (χ1v) is 23.3. The Morgan fingerprint density at radius 3 is 1.67 bits per heavy atom. The van der Waals surface area contributed by atoms with Crippen molar-refractivity contribution >= 4 is 70.9 Å². The van der Waals surface area contributed by atoms with Crippen LogP contribution in [0.15, 0.2) is 30.3 Å². The lowest BCUT2D eigenvalue weighted by Gasteiger charge is -2.27. The molecule has 0 aromatic heterocycles. The summed E-state index contributed by atoms with van der Waals surface area (Å²) in [4.78, 5) is 129. The van der Waals surface area contributed by atoms with Crippen LogP contribution in [-0.2, 0) is 54.4 Å². The average Bonchev–Trinajstić information content (AvgIpc) is 3.27. The average molecular weight is 967 g/mol. The van der Waals surface area contributed by atoms with Crippen LogP contribution in [0.2, 0.25) is 0 Å². The second-order valence-electron chi connectivity index (χ2n) is 15.9. The maximum atomic E-state index is 13.8. The number of carboxylic acid groups (broad SMARTS) is 1. The predicted octanol–water partition coefficient (Wildman–Crippen LogP) is -4.54. The number of hydrogen-bond donors (Lipinski definition) is 14. The summed E-state index contributed by atoms with van der Waals surface area (Å²) in [6.45, 7) is 3.83. The molecule has 9 amide bonds. The van der Waals surface area contributed by atoms with Gasteiger partial charge in [-0.15, -0.1) is 0 Å². The number of hydrogen-bond acceptors (Lipinski definition) is 15. The van der Waals surface area contributed by atoms with Crippen molar-refractivity contribution < 1.29 is 58.2 Å². The molecular formula is C42H70N12O12S. The molecule has 24 nitrogen and oxygen atoms in total. The van der Waals surface area contributed by atoms with E-state index in [1.807, 2.05) is 0 Å². The van der Waals surface area contributed by atoms with Crippen molar-refractivity contribution in [2.24, 2.45) is 22.9 Å². The molecule has 1 rings (SSSR count). The van der Waals surface area contributed by atoms with E-state index >= 15 is 0 Å². The molecular weight excluding hydrogens is 897 g/mol. The van der Waals surface area contributed by atoms with Gasteiger partial charge in [-0.2, -0.15) is 11.8 Å². The van der Waals surface area contributed by atoms with Crippen LogP contribution in [0.1, 0.15) is 77.7 Å². The SMILES string of the molecule is CSCC[C@H](NC(=O)[C@H](CCCCN)NC(=O)[C@@H](NC(=O)[C@H](C)NC(=O)[C@H](Cc1ccccc1)NC(=O)[C@@H](N)CC(N)=O)[C@@H](C)O)C(=O)NCC(=O)N[C@@H](C)C(=O)N[C@@H](CCCCN)C(=O)O. The lowest BCUT2D eigenvalue weighted by molar-refractivity contribution is -0.142. The number of aliphatic hydroxyl groups excluding tert-OH is 1. The Morgan fingerprint density at radius 1 is 0.612 bits per heavy atom. The van der Waals surface area contributed by atoms with Crippen LogP contribution in [0.3, 0.4) is 0 Å². The minimum absolute atomic E-state index is 0.0221. The second-order valence-corrected chi connectivity index (χ2v) is 16.8. The van der Waals surface area contributed by atoms with E-state index in [1.165, 1.54) is 32.5 Å². The van der Waals surface area contributed by atoms with Crippen LogP contribution < -0.4 is 65.5 Å². The van der Waals surface area contributed by atoms with Crippen molar-refractivity contribution in [2.75, 3.05) is 31.6 Å². The lowest BCUT2D eigenvalue weighted by atomic mass is 10.0. The fourth-order valence-corrected chi connectivity index (χ4v) is 6.68. The third kappa shape index (κ3) is 23.4.